The molecule has 0 amide bonds. The monoisotopic (exact) mass is 320 g/mol. The topological polar surface area (TPSA) is 0 Å². The Labute approximate surface area is 109 Å². The summed E-state index contributed by atoms with van der Waals surface area (Å²) in [6, 6.07) is 0. The Morgan fingerprint density at radius 3 is 2.67 bits per heavy atom. The van der Waals surface area contributed by atoms with Gasteiger partial charge in [0.1, 0.15) is 0 Å². The van der Waals surface area contributed by atoms with Gasteiger partial charge in [0.25, 0.3) is 0 Å². The fraction of sp³-hybridized carbons (Fsp3) is 0.857. The van der Waals surface area contributed by atoms with Crippen LogP contribution in [0.2, 0.25) is 0 Å². The second-order valence-corrected chi connectivity index (χ2v) is 8.04. The molecule has 0 nitrogen and oxygen atoms in total. The van der Waals surface area contributed by atoms with E-state index in [0.29, 0.717) is 8.84 Å². The van der Waals surface area contributed by atoms with Crippen molar-refractivity contribution in [1.29, 1.82) is 0 Å². The Bertz CT molecular complexity index is 242. The molecule has 0 unspecified atom stereocenters. The van der Waals surface area contributed by atoms with Gasteiger partial charge in [-0.05, 0) is 44.4 Å². The van der Waals surface area contributed by atoms with E-state index in [1.165, 1.54) is 37.7 Å². The zero-order chi connectivity index (χ0) is 11.7. The normalized spacial score (nSPS) is 35.1. The van der Waals surface area contributed by atoms with Crippen LogP contribution in [0, 0.1) is 11.3 Å². The van der Waals surface area contributed by atoms with E-state index < -0.39 is 0 Å². The van der Waals surface area contributed by atoms with Crippen LogP contribution in [0.25, 0.3) is 0 Å². The van der Waals surface area contributed by atoms with Crippen molar-refractivity contribution in [2.24, 2.45) is 11.3 Å². The standard InChI is InChI=1S/C14H25I/c1-6-9-14(5,15)13(4)10-7-8-12(13)11(2)3/h12H,2,6-10H2,1,3-5H3/t12-,13+,14-/m0/s1. The lowest BCUT2D eigenvalue weighted by atomic mass is 9.67. The molecule has 0 aromatic heterocycles. The van der Waals surface area contributed by atoms with Gasteiger partial charge in [-0.2, -0.15) is 0 Å². The van der Waals surface area contributed by atoms with Crippen molar-refractivity contribution in [3.63, 3.8) is 0 Å². The fourth-order valence-corrected chi connectivity index (χ4v) is 4.52. The minimum absolute atomic E-state index is 0.430. The van der Waals surface area contributed by atoms with Crippen LogP contribution in [0.1, 0.15) is 59.8 Å². The maximum Gasteiger partial charge on any atom is 0.0253 e. The molecule has 1 aliphatic carbocycles. The summed E-state index contributed by atoms with van der Waals surface area (Å²) in [7, 11) is 0. The molecule has 1 rings (SSSR count). The Morgan fingerprint density at radius 1 is 1.60 bits per heavy atom. The summed E-state index contributed by atoms with van der Waals surface area (Å²) in [5.74, 6) is 0.742. The van der Waals surface area contributed by atoms with E-state index in [9.17, 15) is 0 Å². The number of hydrogen-bond donors (Lipinski definition) is 0. The van der Waals surface area contributed by atoms with E-state index in [2.05, 4.69) is 56.9 Å². The zero-order valence-electron chi connectivity index (χ0n) is 10.7. The summed E-state index contributed by atoms with van der Waals surface area (Å²) >= 11 is 2.70. The molecule has 1 fully saturated rings. The van der Waals surface area contributed by atoms with Crippen LogP contribution in [-0.2, 0) is 0 Å². The van der Waals surface area contributed by atoms with Crippen LogP contribution in [0.4, 0.5) is 0 Å². The van der Waals surface area contributed by atoms with Gasteiger partial charge >= 0.3 is 0 Å². The van der Waals surface area contributed by atoms with Gasteiger partial charge in [-0.3, -0.25) is 0 Å². The van der Waals surface area contributed by atoms with Crippen molar-refractivity contribution in [2.45, 2.75) is 63.2 Å². The summed E-state index contributed by atoms with van der Waals surface area (Å²) in [5, 5.41) is 0. The van der Waals surface area contributed by atoms with E-state index >= 15 is 0 Å². The van der Waals surface area contributed by atoms with Gasteiger partial charge in [-0.25, -0.2) is 0 Å². The van der Waals surface area contributed by atoms with Crippen LogP contribution < -0.4 is 0 Å². The van der Waals surface area contributed by atoms with Crippen molar-refractivity contribution in [2.75, 3.05) is 0 Å². The third kappa shape index (κ3) is 2.42. The molecular weight excluding hydrogens is 295 g/mol. The average Bonchev–Trinajstić information content (AvgIpc) is 2.48. The highest BCUT2D eigenvalue weighted by Gasteiger charge is 2.49. The number of halogens is 1. The fourth-order valence-electron chi connectivity index (χ4n) is 3.34. The van der Waals surface area contributed by atoms with Crippen molar-refractivity contribution >= 4 is 22.6 Å². The Kier molecular flexibility index (Phi) is 4.30. The molecule has 0 aromatic carbocycles. The summed E-state index contributed by atoms with van der Waals surface area (Å²) < 4.78 is 0.430. The van der Waals surface area contributed by atoms with Gasteiger partial charge in [0.05, 0.1) is 0 Å². The van der Waals surface area contributed by atoms with Crippen molar-refractivity contribution in [3.8, 4) is 0 Å². The van der Waals surface area contributed by atoms with Gasteiger partial charge in [-0.1, -0.05) is 61.4 Å². The SMILES string of the molecule is C=C(C)[C@@H]1CCC[C@@]1(C)[C@@](C)(I)CCC. The first kappa shape index (κ1) is 13.5. The molecule has 0 heterocycles. The highest BCUT2D eigenvalue weighted by atomic mass is 127. The first-order valence-corrected chi connectivity index (χ1v) is 7.27. The Morgan fingerprint density at radius 2 is 2.20 bits per heavy atom. The number of allylic oxidation sites excluding steroid dienone is 1. The smallest absolute Gasteiger partial charge is 0.0253 e. The molecule has 0 saturated heterocycles. The van der Waals surface area contributed by atoms with Gasteiger partial charge < -0.3 is 0 Å². The predicted molar refractivity (Wildman–Crippen MR) is 77.6 cm³/mol. The molecule has 15 heavy (non-hydrogen) atoms. The van der Waals surface area contributed by atoms with Gasteiger partial charge in [-0.15, -0.1) is 0 Å². The van der Waals surface area contributed by atoms with Crippen LogP contribution in [0.3, 0.4) is 0 Å². The second kappa shape index (κ2) is 4.77. The summed E-state index contributed by atoms with van der Waals surface area (Å²) in [6.07, 6.45) is 6.74. The molecule has 0 spiro atoms. The molecule has 3 atom stereocenters. The highest BCUT2D eigenvalue weighted by molar-refractivity contribution is 14.1. The van der Waals surface area contributed by atoms with Crippen molar-refractivity contribution < 1.29 is 0 Å². The maximum absolute atomic E-state index is 4.20. The third-order valence-electron chi connectivity index (χ3n) is 4.46. The lowest BCUT2D eigenvalue weighted by Gasteiger charge is -2.45. The van der Waals surface area contributed by atoms with Gasteiger partial charge in [0.2, 0.25) is 0 Å². The lowest BCUT2D eigenvalue weighted by Crippen LogP contribution is -2.41. The molecule has 0 aromatic rings. The van der Waals surface area contributed by atoms with E-state index in [0.717, 1.165) is 5.92 Å². The van der Waals surface area contributed by atoms with Crippen molar-refractivity contribution in [1.82, 2.24) is 0 Å². The first-order valence-electron chi connectivity index (χ1n) is 6.19. The van der Waals surface area contributed by atoms with Crippen LogP contribution in [0.5, 0.6) is 0 Å². The maximum atomic E-state index is 4.20. The van der Waals surface area contributed by atoms with Gasteiger partial charge in [0, 0.05) is 3.42 Å². The zero-order valence-corrected chi connectivity index (χ0v) is 12.9. The highest BCUT2D eigenvalue weighted by Crippen LogP contribution is 2.57. The third-order valence-corrected chi connectivity index (χ3v) is 6.23. The number of alkyl halides is 1. The quantitative estimate of drug-likeness (QED) is 0.371. The molecule has 1 saturated carbocycles. The average molecular weight is 320 g/mol. The molecule has 0 radical (unpaired) electrons. The Hall–Kier alpha value is 0.470. The van der Waals surface area contributed by atoms with E-state index in [1.54, 1.807) is 0 Å². The first-order chi connectivity index (χ1) is 6.85. The second-order valence-electron chi connectivity index (χ2n) is 5.66. The molecule has 0 bridgehead atoms. The van der Waals surface area contributed by atoms with Gasteiger partial charge in [0.15, 0.2) is 0 Å². The molecule has 0 aliphatic heterocycles. The summed E-state index contributed by atoms with van der Waals surface area (Å²) in [5.41, 5.74) is 1.86. The molecule has 0 N–H and O–H groups in total. The Balaban J connectivity index is 2.93. The van der Waals surface area contributed by atoms with E-state index in [1.807, 2.05) is 0 Å². The number of hydrogen-bond acceptors (Lipinski definition) is 0. The predicted octanol–water partition coefficient (Wildman–Crippen LogP) is 5.36. The molecule has 1 heteroatoms. The largest absolute Gasteiger partial charge is 0.0998 e. The van der Waals surface area contributed by atoms with E-state index in [-0.39, 0.29) is 0 Å². The number of rotatable bonds is 4. The lowest BCUT2D eigenvalue weighted by molar-refractivity contribution is 0.190. The van der Waals surface area contributed by atoms with Crippen LogP contribution in [0.15, 0.2) is 12.2 Å². The molecular formula is C14H25I. The summed E-state index contributed by atoms with van der Waals surface area (Å²) in [6.45, 7) is 13.6. The summed E-state index contributed by atoms with van der Waals surface area (Å²) in [4.78, 5) is 0. The van der Waals surface area contributed by atoms with Crippen LogP contribution >= 0.6 is 22.6 Å². The van der Waals surface area contributed by atoms with Crippen molar-refractivity contribution in [3.05, 3.63) is 12.2 Å². The van der Waals surface area contributed by atoms with E-state index in [4.69, 9.17) is 0 Å². The molecule has 1 aliphatic rings. The molecule has 88 valence electrons. The van der Waals surface area contributed by atoms with Crippen LogP contribution in [-0.4, -0.2) is 3.42 Å². The minimum atomic E-state index is 0.430. The minimum Gasteiger partial charge on any atom is -0.0998 e.